The average Bonchev–Trinajstić information content (AvgIpc) is 2.54. The van der Waals surface area contributed by atoms with Gasteiger partial charge < -0.3 is 10.2 Å². The number of rotatable bonds is 11. The summed E-state index contributed by atoms with van der Waals surface area (Å²) >= 11 is 0. The average molecular weight is 322 g/mol. The first-order chi connectivity index (χ1) is 11.1. The summed E-state index contributed by atoms with van der Waals surface area (Å²) in [6, 6.07) is 5.81. The molecular formula is C20H34O3. The molecule has 23 heavy (non-hydrogen) atoms. The predicted molar refractivity (Wildman–Crippen MR) is 97.2 cm³/mol. The van der Waals surface area contributed by atoms with E-state index in [1.54, 1.807) is 12.1 Å². The van der Waals surface area contributed by atoms with Crippen LogP contribution in [0.3, 0.4) is 0 Å². The van der Waals surface area contributed by atoms with Crippen molar-refractivity contribution in [2.75, 3.05) is 0 Å². The Morgan fingerprint density at radius 1 is 0.783 bits per heavy atom. The van der Waals surface area contributed by atoms with Crippen LogP contribution in [0.25, 0.3) is 0 Å². The maximum atomic E-state index is 10.3. The van der Waals surface area contributed by atoms with Gasteiger partial charge in [-0.25, -0.2) is 4.79 Å². The van der Waals surface area contributed by atoms with Crippen LogP contribution in [-0.4, -0.2) is 16.2 Å². The molecule has 0 bridgehead atoms. The Bertz CT molecular complexity index is 392. The van der Waals surface area contributed by atoms with Crippen molar-refractivity contribution in [3.63, 3.8) is 0 Å². The van der Waals surface area contributed by atoms with E-state index in [-0.39, 0.29) is 11.3 Å². The van der Waals surface area contributed by atoms with Gasteiger partial charge in [0, 0.05) is 0 Å². The number of phenols is 1. The third-order valence-corrected chi connectivity index (χ3v) is 3.84. The largest absolute Gasteiger partial charge is 0.507 e. The zero-order valence-electron chi connectivity index (χ0n) is 14.9. The number of carboxylic acids is 1. The summed E-state index contributed by atoms with van der Waals surface area (Å²) in [5.74, 6) is -1.31. The Hall–Kier alpha value is -1.51. The summed E-state index contributed by atoms with van der Waals surface area (Å²) in [5.41, 5.74) is -0.0671. The first-order valence-electron chi connectivity index (χ1n) is 9.14. The highest BCUT2D eigenvalue weighted by Gasteiger charge is 2.05. The highest BCUT2D eigenvalue weighted by molar-refractivity contribution is 5.90. The lowest BCUT2D eigenvalue weighted by atomic mass is 10.1. The van der Waals surface area contributed by atoms with Crippen LogP contribution in [0.4, 0.5) is 0 Å². The molecule has 3 heteroatoms. The van der Waals surface area contributed by atoms with E-state index < -0.39 is 5.97 Å². The van der Waals surface area contributed by atoms with Gasteiger partial charge in [-0.15, -0.1) is 0 Å². The van der Waals surface area contributed by atoms with Crippen LogP contribution >= 0.6 is 0 Å². The third-order valence-electron chi connectivity index (χ3n) is 3.84. The molecule has 0 spiro atoms. The maximum Gasteiger partial charge on any atom is 0.339 e. The fourth-order valence-corrected chi connectivity index (χ4v) is 2.39. The second-order valence-electron chi connectivity index (χ2n) is 6.00. The highest BCUT2D eigenvalue weighted by Crippen LogP contribution is 2.14. The van der Waals surface area contributed by atoms with Crippen molar-refractivity contribution in [1.82, 2.24) is 0 Å². The van der Waals surface area contributed by atoms with Gasteiger partial charge in [-0.2, -0.15) is 0 Å². The number of aromatic carboxylic acids is 1. The lowest BCUT2D eigenvalue weighted by Crippen LogP contribution is -1.95. The lowest BCUT2D eigenvalue weighted by Gasteiger charge is -2.00. The van der Waals surface area contributed by atoms with Crippen LogP contribution in [0.2, 0.25) is 0 Å². The Kier molecular flexibility index (Phi) is 14.4. The second-order valence-corrected chi connectivity index (χ2v) is 6.00. The van der Waals surface area contributed by atoms with E-state index in [0.29, 0.717) is 0 Å². The van der Waals surface area contributed by atoms with Gasteiger partial charge in [0.25, 0.3) is 0 Å². The highest BCUT2D eigenvalue weighted by atomic mass is 16.4. The summed E-state index contributed by atoms with van der Waals surface area (Å²) in [4.78, 5) is 10.3. The molecule has 0 amide bonds. The molecule has 0 aliphatic rings. The monoisotopic (exact) mass is 322 g/mol. The van der Waals surface area contributed by atoms with E-state index in [2.05, 4.69) is 13.8 Å². The van der Waals surface area contributed by atoms with Gasteiger partial charge in [0.15, 0.2) is 0 Å². The van der Waals surface area contributed by atoms with Crippen molar-refractivity contribution in [3.05, 3.63) is 29.8 Å². The summed E-state index contributed by atoms with van der Waals surface area (Å²) in [6.45, 7) is 4.56. The number of aromatic hydroxyl groups is 1. The van der Waals surface area contributed by atoms with E-state index in [4.69, 9.17) is 10.2 Å². The number of benzene rings is 1. The van der Waals surface area contributed by atoms with Crippen LogP contribution < -0.4 is 0 Å². The molecule has 0 radical (unpaired) electrons. The smallest absolute Gasteiger partial charge is 0.339 e. The molecule has 132 valence electrons. The molecule has 1 aromatic carbocycles. The SMILES string of the molecule is CCCCCCCCCCCCC.O=C(O)c1ccccc1O. The zero-order chi connectivity index (χ0) is 17.3. The zero-order valence-corrected chi connectivity index (χ0v) is 14.9. The maximum absolute atomic E-state index is 10.3. The summed E-state index contributed by atoms with van der Waals surface area (Å²) in [6.07, 6.45) is 15.9. The minimum Gasteiger partial charge on any atom is -0.507 e. The van der Waals surface area contributed by atoms with Crippen molar-refractivity contribution in [3.8, 4) is 5.75 Å². The minimum absolute atomic E-state index is 0.0671. The number of hydrogen-bond donors (Lipinski definition) is 2. The molecule has 0 atom stereocenters. The van der Waals surface area contributed by atoms with E-state index in [1.165, 1.54) is 82.8 Å². The molecule has 3 nitrogen and oxygen atoms in total. The van der Waals surface area contributed by atoms with Crippen LogP contribution in [0, 0.1) is 0 Å². The fourth-order valence-electron chi connectivity index (χ4n) is 2.39. The molecule has 1 aromatic rings. The molecule has 0 heterocycles. The standard InChI is InChI=1S/C13H28.C7H6O3/c1-3-5-7-9-11-13-12-10-8-6-4-2;8-6-4-2-1-3-5(6)7(9)10/h3-13H2,1-2H3;1-4,8H,(H,9,10). The Labute approximate surface area is 141 Å². The fraction of sp³-hybridized carbons (Fsp3) is 0.650. The van der Waals surface area contributed by atoms with Gasteiger partial charge in [0.1, 0.15) is 11.3 Å². The van der Waals surface area contributed by atoms with Gasteiger partial charge >= 0.3 is 5.97 Å². The number of para-hydroxylation sites is 1. The molecule has 2 N–H and O–H groups in total. The van der Waals surface area contributed by atoms with E-state index in [0.717, 1.165) is 0 Å². The number of carboxylic acid groups (broad SMARTS) is 1. The van der Waals surface area contributed by atoms with Crippen molar-refractivity contribution in [2.45, 2.75) is 84.5 Å². The van der Waals surface area contributed by atoms with Crippen molar-refractivity contribution in [1.29, 1.82) is 0 Å². The van der Waals surface area contributed by atoms with Gasteiger partial charge in [-0.3, -0.25) is 0 Å². The normalized spacial score (nSPS) is 10.0. The minimum atomic E-state index is -1.11. The molecule has 0 aliphatic carbocycles. The topological polar surface area (TPSA) is 57.5 Å². The van der Waals surface area contributed by atoms with Crippen LogP contribution in [0.1, 0.15) is 94.8 Å². The molecule has 0 unspecified atom stereocenters. The molecular weight excluding hydrogens is 288 g/mol. The molecule has 0 aliphatic heterocycles. The molecule has 0 saturated carbocycles. The summed E-state index contributed by atoms with van der Waals surface area (Å²) in [7, 11) is 0. The van der Waals surface area contributed by atoms with Crippen molar-refractivity contribution in [2.24, 2.45) is 0 Å². The van der Waals surface area contributed by atoms with Gasteiger partial charge in [-0.1, -0.05) is 96.6 Å². The Balaban J connectivity index is 0.000000433. The summed E-state index contributed by atoms with van der Waals surface area (Å²) in [5, 5.41) is 17.3. The van der Waals surface area contributed by atoms with E-state index in [9.17, 15) is 4.79 Å². The third kappa shape index (κ3) is 12.7. The predicted octanol–water partition coefficient (Wildman–Crippen LogP) is 6.41. The van der Waals surface area contributed by atoms with Gasteiger partial charge in [-0.05, 0) is 12.1 Å². The number of carbonyl (C=O) groups is 1. The van der Waals surface area contributed by atoms with E-state index >= 15 is 0 Å². The van der Waals surface area contributed by atoms with Crippen LogP contribution in [0.5, 0.6) is 5.75 Å². The van der Waals surface area contributed by atoms with Crippen LogP contribution in [0.15, 0.2) is 24.3 Å². The van der Waals surface area contributed by atoms with Crippen molar-refractivity contribution < 1.29 is 15.0 Å². The molecule has 0 saturated heterocycles. The van der Waals surface area contributed by atoms with Crippen molar-refractivity contribution >= 4 is 5.97 Å². The molecule has 0 fully saturated rings. The second kappa shape index (κ2) is 15.4. The van der Waals surface area contributed by atoms with E-state index in [1.807, 2.05) is 0 Å². The Morgan fingerprint density at radius 3 is 1.48 bits per heavy atom. The number of hydrogen-bond acceptors (Lipinski definition) is 2. The van der Waals surface area contributed by atoms with Crippen LogP contribution in [-0.2, 0) is 0 Å². The van der Waals surface area contributed by atoms with Gasteiger partial charge in [0.2, 0.25) is 0 Å². The molecule has 0 aromatic heterocycles. The van der Waals surface area contributed by atoms with Gasteiger partial charge in [0.05, 0.1) is 0 Å². The first kappa shape index (κ1) is 21.5. The lowest BCUT2D eigenvalue weighted by molar-refractivity contribution is 0.0693. The quantitative estimate of drug-likeness (QED) is 0.463. The Morgan fingerprint density at radius 2 is 1.17 bits per heavy atom. The first-order valence-corrected chi connectivity index (χ1v) is 9.14. The number of unbranched alkanes of at least 4 members (excludes halogenated alkanes) is 10. The molecule has 1 rings (SSSR count). The summed E-state index contributed by atoms with van der Waals surface area (Å²) < 4.78 is 0.